The van der Waals surface area contributed by atoms with E-state index < -0.39 is 0 Å². The molecule has 0 spiro atoms. The van der Waals surface area contributed by atoms with E-state index >= 15 is 0 Å². The summed E-state index contributed by atoms with van der Waals surface area (Å²) in [6.45, 7) is 4.46. The van der Waals surface area contributed by atoms with Gasteiger partial charge in [-0.1, -0.05) is 32.4 Å². The van der Waals surface area contributed by atoms with Crippen LogP contribution in [0.2, 0.25) is 0 Å². The van der Waals surface area contributed by atoms with Crippen molar-refractivity contribution in [2.75, 3.05) is 13.7 Å². The quantitative estimate of drug-likeness (QED) is 0.621. The minimum absolute atomic E-state index is 0.122. The molecule has 0 aliphatic rings. The van der Waals surface area contributed by atoms with E-state index in [9.17, 15) is 0 Å². The maximum Gasteiger partial charge on any atom is 0.0631 e. The van der Waals surface area contributed by atoms with Crippen LogP contribution < -0.4 is 0 Å². The summed E-state index contributed by atoms with van der Waals surface area (Å²) in [5.41, 5.74) is 0. The Balaban J connectivity index is 3.74. The van der Waals surface area contributed by atoms with Crippen molar-refractivity contribution < 1.29 is 9.84 Å². The van der Waals surface area contributed by atoms with E-state index in [1.807, 2.05) is 6.08 Å². The second-order valence-corrected chi connectivity index (χ2v) is 3.05. The first-order chi connectivity index (χ1) is 5.76. The van der Waals surface area contributed by atoms with Crippen LogP contribution in [0.3, 0.4) is 0 Å². The zero-order chi connectivity index (χ0) is 9.40. The molecule has 0 radical (unpaired) electrons. The van der Waals surface area contributed by atoms with Crippen LogP contribution in [0.25, 0.3) is 0 Å². The first kappa shape index (κ1) is 11.7. The van der Waals surface area contributed by atoms with Gasteiger partial charge in [0, 0.05) is 7.11 Å². The molecule has 0 heterocycles. The van der Waals surface area contributed by atoms with Gasteiger partial charge in [0.2, 0.25) is 0 Å². The Morgan fingerprint density at radius 1 is 1.42 bits per heavy atom. The lowest BCUT2D eigenvalue weighted by molar-refractivity contribution is 0.0595. The minimum atomic E-state index is 0.122. The first-order valence-electron chi connectivity index (χ1n) is 4.54. The average molecular weight is 172 g/mol. The highest BCUT2D eigenvalue weighted by Gasteiger charge is 2.12. The molecule has 2 nitrogen and oxygen atoms in total. The SMILES string of the molecule is CCC(C)C(C/C=C/CO)OC. The van der Waals surface area contributed by atoms with Crippen molar-refractivity contribution in [2.45, 2.75) is 32.8 Å². The van der Waals surface area contributed by atoms with E-state index in [-0.39, 0.29) is 12.7 Å². The van der Waals surface area contributed by atoms with Crippen molar-refractivity contribution in [1.82, 2.24) is 0 Å². The Morgan fingerprint density at radius 3 is 2.50 bits per heavy atom. The minimum Gasteiger partial charge on any atom is -0.392 e. The summed E-state index contributed by atoms with van der Waals surface area (Å²) in [7, 11) is 1.74. The van der Waals surface area contributed by atoms with Gasteiger partial charge in [0.15, 0.2) is 0 Å². The fraction of sp³-hybridized carbons (Fsp3) is 0.800. The lowest BCUT2D eigenvalue weighted by Crippen LogP contribution is -2.18. The van der Waals surface area contributed by atoms with E-state index in [0.29, 0.717) is 5.92 Å². The van der Waals surface area contributed by atoms with Gasteiger partial charge in [0.1, 0.15) is 0 Å². The fourth-order valence-corrected chi connectivity index (χ4v) is 1.13. The molecule has 0 aliphatic heterocycles. The lowest BCUT2D eigenvalue weighted by Gasteiger charge is -2.19. The van der Waals surface area contributed by atoms with Gasteiger partial charge in [-0.15, -0.1) is 0 Å². The van der Waals surface area contributed by atoms with Crippen LogP contribution in [0.1, 0.15) is 26.7 Å². The highest BCUT2D eigenvalue weighted by atomic mass is 16.5. The predicted octanol–water partition coefficient (Wildman–Crippen LogP) is 1.99. The summed E-state index contributed by atoms with van der Waals surface area (Å²) >= 11 is 0. The van der Waals surface area contributed by atoms with E-state index in [4.69, 9.17) is 9.84 Å². The Morgan fingerprint density at radius 2 is 2.08 bits per heavy atom. The van der Waals surface area contributed by atoms with Gasteiger partial charge in [0.25, 0.3) is 0 Å². The zero-order valence-electron chi connectivity index (χ0n) is 8.29. The topological polar surface area (TPSA) is 29.5 Å². The van der Waals surface area contributed by atoms with Gasteiger partial charge in [-0.3, -0.25) is 0 Å². The Labute approximate surface area is 75.2 Å². The molecule has 0 aromatic carbocycles. The van der Waals surface area contributed by atoms with E-state index in [2.05, 4.69) is 13.8 Å². The fourth-order valence-electron chi connectivity index (χ4n) is 1.13. The van der Waals surface area contributed by atoms with E-state index in [1.165, 1.54) is 0 Å². The first-order valence-corrected chi connectivity index (χ1v) is 4.54. The van der Waals surface area contributed by atoms with Crippen molar-refractivity contribution in [3.8, 4) is 0 Å². The third-order valence-corrected chi connectivity index (χ3v) is 2.22. The van der Waals surface area contributed by atoms with Crippen molar-refractivity contribution in [3.05, 3.63) is 12.2 Å². The van der Waals surface area contributed by atoms with Crippen LogP contribution in [0.15, 0.2) is 12.2 Å². The van der Waals surface area contributed by atoms with Crippen molar-refractivity contribution >= 4 is 0 Å². The second-order valence-electron chi connectivity index (χ2n) is 3.05. The van der Waals surface area contributed by atoms with E-state index in [0.717, 1.165) is 12.8 Å². The molecule has 0 bridgehead atoms. The van der Waals surface area contributed by atoms with Crippen molar-refractivity contribution in [2.24, 2.45) is 5.92 Å². The molecule has 0 aliphatic carbocycles. The smallest absolute Gasteiger partial charge is 0.0631 e. The van der Waals surface area contributed by atoms with Crippen LogP contribution in [0.5, 0.6) is 0 Å². The summed E-state index contributed by atoms with van der Waals surface area (Å²) in [5.74, 6) is 0.582. The molecular formula is C10H20O2. The molecule has 0 amide bonds. The zero-order valence-corrected chi connectivity index (χ0v) is 8.29. The number of aliphatic hydroxyl groups excluding tert-OH is 1. The number of ether oxygens (including phenoxy) is 1. The molecular weight excluding hydrogens is 152 g/mol. The molecule has 72 valence electrons. The summed E-state index contributed by atoms with van der Waals surface area (Å²) < 4.78 is 5.32. The summed E-state index contributed by atoms with van der Waals surface area (Å²) in [5, 5.41) is 8.52. The normalized spacial score (nSPS) is 16.7. The van der Waals surface area contributed by atoms with Gasteiger partial charge >= 0.3 is 0 Å². The molecule has 0 fully saturated rings. The van der Waals surface area contributed by atoms with E-state index in [1.54, 1.807) is 13.2 Å². The maximum atomic E-state index is 8.52. The summed E-state index contributed by atoms with van der Waals surface area (Å²) in [6, 6.07) is 0. The molecule has 12 heavy (non-hydrogen) atoms. The number of hydrogen-bond donors (Lipinski definition) is 1. The van der Waals surface area contributed by atoms with Crippen LogP contribution in [0.4, 0.5) is 0 Å². The van der Waals surface area contributed by atoms with Gasteiger partial charge in [0.05, 0.1) is 12.7 Å². The molecule has 0 saturated heterocycles. The molecule has 2 atom stereocenters. The third-order valence-electron chi connectivity index (χ3n) is 2.22. The van der Waals surface area contributed by atoms with Gasteiger partial charge in [-0.2, -0.15) is 0 Å². The second kappa shape index (κ2) is 7.32. The number of rotatable bonds is 6. The van der Waals surface area contributed by atoms with Crippen LogP contribution in [-0.4, -0.2) is 24.9 Å². The van der Waals surface area contributed by atoms with Crippen molar-refractivity contribution in [3.63, 3.8) is 0 Å². The highest BCUT2D eigenvalue weighted by Crippen LogP contribution is 2.14. The monoisotopic (exact) mass is 172 g/mol. The number of methoxy groups -OCH3 is 1. The van der Waals surface area contributed by atoms with Gasteiger partial charge in [-0.25, -0.2) is 0 Å². The number of aliphatic hydroxyl groups is 1. The largest absolute Gasteiger partial charge is 0.392 e. The maximum absolute atomic E-state index is 8.52. The van der Waals surface area contributed by atoms with Crippen molar-refractivity contribution in [1.29, 1.82) is 0 Å². The molecule has 0 rings (SSSR count). The average Bonchev–Trinajstić information content (AvgIpc) is 2.11. The molecule has 0 aromatic rings. The van der Waals surface area contributed by atoms with Gasteiger partial charge < -0.3 is 9.84 Å². The lowest BCUT2D eigenvalue weighted by atomic mass is 9.99. The molecule has 0 aromatic heterocycles. The Bertz CT molecular complexity index is 121. The summed E-state index contributed by atoms with van der Waals surface area (Å²) in [4.78, 5) is 0. The number of hydrogen-bond acceptors (Lipinski definition) is 2. The van der Waals surface area contributed by atoms with Crippen LogP contribution >= 0.6 is 0 Å². The van der Waals surface area contributed by atoms with Crippen LogP contribution in [0, 0.1) is 5.92 Å². The van der Waals surface area contributed by atoms with Crippen LogP contribution in [-0.2, 0) is 4.74 Å². The molecule has 2 heteroatoms. The Kier molecular flexibility index (Phi) is 7.11. The predicted molar refractivity (Wildman–Crippen MR) is 51.1 cm³/mol. The standard InChI is InChI=1S/C10H20O2/c1-4-9(2)10(12-3)7-5-6-8-11/h5-6,9-11H,4,7-8H2,1-3H3/b6-5+. The molecule has 1 N–H and O–H groups in total. The van der Waals surface area contributed by atoms with Gasteiger partial charge in [-0.05, 0) is 12.3 Å². The highest BCUT2D eigenvalue weighted by molar-refractivity contribution is 4.85. The Hall–Kier alpha value is -0.340. The third kappa shape index (κ3) is 4.52. The molecule has 0 saturated carbocycles. The molecule has 2 unspecified atom stereocenters. The summed E-state index contributed by atoms with van der Waals surface area (Å²) in [6.07, 6.45) is 6.05.